The highest BCUT2D eigenvalue weighted by Crippen LogP contribution is 2.16. The maximum absolute atomic E-state index is 4.76. The first-order valence-electron chi connectivity index (χ1n) is 6.19. The van der Waals surface area contributed by atoms with Crippen molar-refractivity contribution >= 4 is 5.84 Å². The summed E-state index contributed by atoms with van der Waals surface area (Å²) in [5.74, 6) is 1.06. The number of nitrogens with zero attached hydrogens (tertiary/aromatic N) is 2. The van der Waals surface area contributed by atoms with Crippen LogP contribution in [0.2, 0.25) is 0 Å². The van der Waals surface area contributed by atoms with Crippen LogP contribution in [0.15, 0.2) is 35.3 Å². The molecule has 0 N–H and O–H groups in total. The molecule has 1 aromatic rings. The Bertz CT molecular complexity index is 372. The fraction of sp³-hybridized carbons (Fsp3) is 0.533. The van der Waals surface area contributed by atoms with Gasteiger partial charge in [0.1, 0.15) is 5.84 Å². The van der Waals surface area contributed by atoms with Crippen LogP contribution < -0.4 is 0 Å². The van der Waals surface area contributed by atoms with E-state index in [1.165, 1.54) is 5.56 Å². The van der Waals surface area contributed by atoms with E-state index in [9.17, 15) is 0 Å². The molecule has 0 saturated carbocycles. The predicted octanol–water partition coefficient (Wildman–Crippen LogP) is 3.57. The van der Waals surface area contributed by atoms with Crippen LogP contribution in [-0.2, 0) is 0 Å². The van der Waals surface area contributed by atoms with E-state index in [0.29, 0.717) is 6.04 Å². The van der Waals surface area contributed by atoms with Crippen molar-refractivity contribution in [2.75, 3.05) is 7.05 Å². The summed E-state index contributed by atoms with van der Waals surface area (Å²) in [5, 5.41) is 0. The van der Waals surface area contributed by atoms with Gasteiger partial charge in [0.2, 0.25) is 0 Å². The summed E-state index contributed by atoms with van der Waals surface area (Å²) >= 11 is 0. The summed E-state index contributed by atoms with van der Waals surface area (Å²) in [6.07, 6.45) is 0. The van der Waals surface area contributed by atoms with Gasteiger partial charge in [0.15, 0.2) is 0 Å². The Morgan fingerprint density at radius 2 is 1.65 bits per heavy atom. The largest absolute Gasteiger partial charge is 0.355 e. The van der Waals surface area contributed by atoms with E-state index >= 15 is 0 Å². The van der Waals surface area contributed by atoms with Crippen molar-refractivity contribution in [3.8, 4) is 0 Å². The van der Waals surface area contributed by atoms with Crippen molar-refractivity contribution in [3.05, 3.63) is 35.9 Å². The second-order valence-electron chi connectivity index (χ2n) is 5.64. The zero-order chi connectivity index (χ0) is 13.1. The lowest BCUT2D eigenvalue weighted by Gasteiger charge is -2.35. The molecule has 0 bridgehead atoms. The molecule has 0 fully saturated rings. The Kier molecular flexibility index (Phi) is 4.33. The van der Waals surface area contributed by atoms with Gasteiger partial charge in [-0.05, 0) is 34.6 Å². The van der Waals surface area contributed by atoms with Gasteiger partial charge in [-0.3, -0.25) is 4.99 Å². The summed E-state index contributed by atoms with van der Waals surface area (Å²) in [4.78, 5) is 6.99. The second-order valence-corrected chi connectivity index (χ2v) is 5.64. The van der Waals surface area contributed by atoms with Crippen LogP contribution in [0.25, 0.3) is 0 Å². The minimum atomic E-state index is 0.0730. The zero-order valence-electron chi connectivity index (χ0n) is 11.9. The van der Waals surface area contributed by atoms with Crippen molar-refractivity contribution in [2.24, 2.45) is 4.99 Å². The summed E-state index contributed by atoms with van der Waals surface area (Å²) in [6.45, 7) is 10.8. The average molecular weight is 232 g/mol. The van der Waals surface area contributed by atoms with Crippen LogP contribution in [-0.4, -0.2) is 29.4 Å². The predicted molar refractivity (Wildman–Crippen MR) is 75.6 cm³/mol. The fourth-order valence-electron chi connectivity index (χ4n) is 1.50. The fourth-order valence-corrected chi connectivity index (χ4v) is 1.50. The summed E-state index contributed by atoms with van der Waals surface area (Å²) in [6, 6.07) is 10.7. The molecule has 94 valence electrons. The van der Waals surface area contributed by atoms with E-state index in [1.807, 2.05) is 6.07 Å². The molecule has 0 unspecified atom stereocenters. The Balaban J connectivity index is 3.15. The molecule has 0 aliphatic carbocycles. The van der Waals surface area contributed by atoms with E-state index in [4.69, 9.17) is 4.99 Å². The lowest BCUT2D eigenvalue weighted by atomic mass is 10.0. The van der Waals surface area contributed by atoms with Gasteiger partial charge in [0.25, 0.3) is 0 Å². The van der Waals surface area contributed by atoms with Crippen molar-refractivity contribution in [1.82, 2.24) is 4.90 Å². The molecule has 0 saturated heterocycles. The maximum Gasteiger partial charge on any atom is 0.131 e. The van der Waals surface area contributed by atoms with Crippen LogP contribution in [0.4, 0.5) is 0 Å². The quantitative estimate of drug-likeness (QED) is 0.562. The number of rotatable bonds is 2. The molecular formula is C15H24N2. The van der Waals surface area contributed by atoms with Gasteiger partial charge in [0, 0.05) is 24.2 Å². The smallest absolute Gasteiger partial charge is 0.131 e. The van der Waals surface area contributed by atoms with E-state index in [2.05, 4.69) is 70.8 Å². The van der Waals surface area contributed by atoms with Gasteiger partial charge in [-0.25, -0.2) is 0 Å². The number of hydrogen-bond acceptors (Lipinski definition) is 1. The lowest BCUT2D eigenvalue weighted by Crippen LogP contribution is -2.43. The van der Waals surface area contributed by atoms with Crippen molar-refractivity contribution in [2.45, 2.75) is 46.2 Å². The van der Waals surface area contributed by atoms with Crippen LogP contribution in [0.3, 0.4) is 0 Å². The highest BCUT2D eigenvalue weighted by atomic mass is 15.2. The molecular weight excluding hydrogens is 208 g/mol. The normalized spacial score (nSPS) is 13.0. The number of aliphatic imine (C=N–C) groups is 1. The minimum absolute atomic E-state index is 0.0730. The van der Waals surface area contributed by atoms with Crippen LogP contribution >= 0.6 is 0 Å². The standard InChI is InChI=1S/C15H24N2/c1-12(2)16-14(17(6)15(3,4)5)13-10-8-7-9-11-13/h7-12H,1-6H3. The first-order valence-corrected chi connectivity index (χ1v) is 6.19. The van der Waals surface area contributed by atoms with E-state index in [1.54, 1.807) is 0 Å². The second kappa shape index (κ2) is 5.35. The Morgan fingerprint density at radius 3 is 2.06 bits per heavy atom. The summed E-state index contributed by atoms with van der Waals surface area (Å²) in [7, 11) is 2.11. The van der Waals surface area contributed by atoms with Gasteiger partial charge in [-0.2, -0.15) is 0 Å². The topological polar surface area (TPSA) is 15.6 Å². The van der Waals surface area contributed by atoms with Crippen LogP contribution in [0, 0.1) is 0 Å². The molecule has 0 heterocycles. The van der Waals surface area contributed by atoms with Gasteiger partial charge in [0.05, 0.1) is 0 Å². The molecule has 1 aromatic carbocycles. The van der Waals surface area contributed by atoms with E-state index in [-0.39, 0.29) is 5.54 Å². The lowest BCUT2D eigenvalue weighted by molar-refractivity contribution is 0.281. The van der Waals surface area contributed by atoms with Gasteiger partial charge >= 0.3 is 0 Å². The highest BCUT2D eigenvalue weighted by Gasteiger charge is 2.21. The molecule has 0 aliphatic heterocycles. The molecule has 0 atom stereocenters. The van der Waals surface area contributed by atoms with E-state index < -0.39 is 0 Å². The molecule has 0 radical (unpaired) electrons. The highest BCUT2D eigenvalue weighted by molar-refractivity contribution is 5.99. The van der Waals surface area contributed by atoms with Crippen molar-refractivity contribution in [1.29, 1.82) is 0 Å². The molecule has 2 heteroatoms. The summed E-state index contributed by atoms with van der Waals surface area (Å²) < 4.78 is 0. The Labute approximate surface area is 105 Å². The number of amidine groups is 1. The SMILES string of the molecule is CC(C)N=C(c1ccccc1)N(C)C(C)(C)C. The third-order valence-electron chi connectivity index (χ3n) is 2.74. The van der Waals surface area contributed by atoms with Gasteiger partial charge in [-0.15, -0.1) is 0 Å². The molecule has 0 aromatic heterocycles. The molecule has 0 aliphatic rings. The van der Waals surface area contributed by atoms with Crippen molar-refractivity contribution < 1.29 is 0 Å². The monoisotopic (exact) mass is 232 g/mol. The first-order chi connectivity index (χ1) is 7.82. The number of benzene rings is 1. The minimum Gasteiger partial charge on any atom is -0.355 e. The molecule has 17 heavy (non-hydrogen) atoms. The molecule has 1 rings (SSSR count). The summed E-state index contributed by atoms with van der Waals surface area (Å²) in [5.41, 5.74) is 1.25. The Hall–Kier alpha value is -1.31. The first kappa shape index (κ1) is 13.8. The molecule has 0 amide bonds. The average Bonchev–Trinajstić information content (AvgIpc) is 2.24. The van der Waals surface area contributed by atoms with Gasteiger partial charge < -0.3 is 4.90 Å². The number of hydrogen-bond donors (Lipinski definition) is 0. The maximum atomic E-state index is 4.76. The molecule has 2 nitrogen and oxygen atoms in total. The van der Waals surface area contributed by atoms with Crippen LogP contribution in [0.5, 0.6) is 0 Å². The molecule has 0 spiro atoms. The van der Waals surface area contributed by atoms with Gasteiger partial charge in [-0.1, -0.05) is 30.3 Å². The van der Waals surface area contributed by atoms with Crippen molar-refractivity contribution in [3.63, 3.8) is 0 Å². The third kappa shape index (κ3) is 3.88. The zero-order valence-corrected chi connectivity index (χ0v) is 11.9. The van der Waals surface area contributed by atoms with E-state index in [0.717, 1.165) is 5.84 Å². The Morgan fingerprint density at radius 1 is 1.12 bits per heavy atom. The third-order valence-corrected chi connectivity index (χ3v) is 2.74. The van der Waals surface area contributed by atoms with Crippen LogP contribution in [0.1, 0.15) is 40.2 Å².